The van der Waals surface area contributed by atoms with Gasteiger partial charge in [-0.25, -0.2) is 13.8 Å². The molecule has 0 aliphatic carbocycles. The molecule has 3 aromatic rings. The number of nitrogens with zero attached hydrogens (tertiary/aromatic N) is 2. The van der Waals surface area contributed by atoms with E-state index in [1.807, 2.05) is 36.4 Å². The number of hydrogen-bond acceptors (Lipinski definition) is 4. The molecule has 6 nitrogen and oxygen atoms in total. The van der Waals surface area contributed by atoms with Gasteiger partial charge in [-0.3, -0.25) is 9.10 Å². The van der Waals surface area contributed by atoms with Gasteiger partial charge >= 0.3 is 0 Å². The molecule has 0 atom stereocenters. The SMILES string of the molecule is CC(C)c1ccc(/C=N\NC(=O)CN(c2ccc(C(C)C)cc2)S(=O)(=O)c2ccccc2)cc1. The van der Waals surface area contributed by atoms with Crippen LogP contribution in [0.25, 0.3) is 0 Å². The van der Waals surface area contributed by atoms with Crippen molar-refractivity contribution in [3.05, 3.63) is 95.6 Å². The zero-order valence-corrected chi connectivity index (χ0v) is 20.8. The first-order valence-electron chi connectivity index (χ1n) is 11.3. The van der Waals surface area contributed by atoms with Gasteiger partial charge in [-0.15, -0.1) is 0 Å². The topological polar surface area (TPSA) is 78.8 Å². The third-order valence-electron chi connectivity index (χ3n) is 5.47. The summed E-state index contributed by atoms with van der Waals surface area (Å²) in [7, 11) is -3.95. The minimum Gasteiger partial charge on any atom is -0.271 e. The number of hydrazone groups is 1. The Hall–Kier alpha value is -3.45. The molecule has 0 unspecified atom stereocenters. The van der Waals surface area contributed by atoms with Gasteiger partial charge in [-0.2, -0.15) is 5.10 Å². The Labute approximate surface area is 202 Å². The second-order valence-corrected chi connectivity index (χ2v) is 10.5. The van der Waals surface area contributed by atoms with E-state index in [2.05, 4.69) is 38.2 Å². The number of carbonyl (C=O) groups is 1. The lowest BCUT2D eigenvalue weighted by atomic mass is 10.0. The standard InChI is InChI=1S/C27H31N3O3S/c1-20(2)23-12-10-22(11-13-23)18-28-29-27(31)19-30(25-16-14-24(15-17-25)21(3)4)34(32,33)26-8-6-5-7-9-26/h5-18,20-21H,19H2,1-4H3,(H,29,31)/b28-18-. The highest BCUT2D eigenvalue weighted by atomic mass is 32.2. The molecule has 178 valence electrons. The summed E-state index contributed by atoms with van der Waals surface area (Å²) in [5.74, 6) is 0.195. The van der Waals surface area contributed by atoms with Gasteiger partial charge in [-0.05, 0) is 52.8 Å². The number of carbonyl (C=O) groups excluding carboxylic acids is 1. The molecule has 0 aliphatic heterocycles. The zero-order valence-electron chi connectivity index (χ0n) is 20.0. The van der Waals surface area contributed by atoms with E-state index in [0.29, 0.717) is 17.5 Å². The zero-order chi connectivity index (χ0) is 24.7. The molecule has 0 saturated carbocycles. The van der Waals surface area contributed by atoms with E-state index in [-0.39, 0.29) is 4.90 Å². The molecule has 0 saturated heterocycles. The Kier molecular flexibility index (Phi) is 8.23. The van der Waals surface area contributed by atoms with E-state index in [1.54, 1.807) is 30.3 Å². The van der Waals surface area contributed by atoms with Gasteiger partial charge < -0.3 is 0 Å². The van der Waals surface area contributed by atoms with Crippen LogP contribution in [0.4, 0.5) is 5.69 Å². The quantitative estimate of drug-likeness (QED) is 0.336. The first-order valence-corrected chi connectivity index (χ1v) is 12.7. The van der Waals surface area contributed by atoms with Crippen LogP contribution in [0.1, 0.15) is 56.2 Å². The predicted molar refractivity (Wildman–Crippen MR) is 138 cm³/mol. The van der Waals surface area contributed by atoms with Crippen LogP contribution in [0.2, 0.25) is 0 Å². The van der Waals surface area contributed by atoms with Crippen LogP contribution in [0.5, 0.6) is 0 Å². The smallest absolute Gasteiger partial charge is 0.264 e. The van der Waals surface area contributed by atoms with E-state index in [1.165, 1.54) is 23.9 Å². The van der Waals surface area contributed by atoms with Crippen LogP contribution in [-0.2, 0) is 14.8 Å². The molecule has 0 heterocycles. The maximum atomic E-state index is 13.4. The highest BCUT2D eigenvalue weighted by Gasteiger charge is 2.27. The third kappa shape index (κ3) is 6.32. The molecule has 3 aromatic carbocycles. The van der Waals surface area contributed by atoms with Gasteiger partial charge in [0.1, 0.15) is 6.54 Å². The lowest BCUT2D eigenvalue weighted by Gasteiger charge is -2.24. The average molecular weight is 478 g/mol. The molecule has 0 fully saturated rings. The van der Waals surface area contributed by atoms with Crippen molar-refractivity contribution in [1.29, 1.82) is 0 Å². The van der Waals surface area contributed by atoms with Gasteiger partial charge in [0, 0.05) is 0 Å². The number of amides is 1. The van der Waals surface area contributed by atoms with Crippen molar-refractivity contribution < 1.29 is 13.2 Å². The Bertz CT molecular complexity index is 1220. The molecule has 1 N–H and O–H groups in total. The highest BCUT2D eigenvalue weighted by molar-refractivity contribution is 7.92. The molecular weight excluding hydrogens is 446 g/mol. The van der Waals surface area contributed by atoms with E-state index in [0.717, 1.165) is 15.4 Å². The van der Waals surface area contributed by atoms with Gasteiger partial charge in [0.25, 0.3) is 15.9 Å². The summed E-state index contributed by atoms with van der Waals surface area (Å²) >= 11 is 0. The van der Waals surface area contributed by atoms with Crippen molar-refractivity contribution >= 4 is 27.8 Å². The van der Waals surface area contributed by atoms with E-state index < -0.39 is 22.5 Å². The minimum atomic E-state index is -3.95. The predicted octanol–water partition coefficient (Wildman–Crippen LogP) is 5.28. The molecule has 34 heavy (non-hydrogen) atoms. The number of sulfonamides is 1. The second-order valence-electron chi connectivity index (χ2n) is 8.69. The summed E-state index contributed by atoms with van der Waals surface area (Å²) in [5, 5.41) is 4.01. The van der Waals surface area contributed by atoms with Crippen LogP contribution >= 0.6 is 0 Å². The van der Waals surface area contributed by atoms with Crippen LogP contribution in [-0.4, -0.2) is 27.1 Å². The first kappa shape index (κ1) is 25.2. The van der Waals surface area contributed by atoms with Gasteiger partial charge in [0.15, 0.2) is 0 Å². The second kappa shape index (κ2) is 11.1. The number of rotatable bonds is 9. The fourth-order valence-electron chi connectivity index (χ4n) is 3.37. The maximum absolute atomic E-state index is 13.4. The molecule has 0 spiro atoms. The summed E-state index contributed by atoms with van der Waals surface area (Å²) in [6.07, 6.45) is 1.54. The summed E-state index contributed by atoms with van der Waals surface area (Å²) in [4.78, 5) is 12.8. The van der Waals surface area contributed by atoms with Crippen molar-refractivity contribution in [1.82, 2.24) is 5.43 Å². The highest BCUT2D eigenvalue weighted by Crippen LogP contribution is 2.25. The molecule has 1 amide bonds. The molecular formula is C27H31N3O3S. The monoisotopic (exact) mass is 477 g/mol. The minimum absolute atomic E-state index is 0.115. The Balaban J connectivity index is 1.80. The number of nitrogens with one attached hydrogen (secondary N) is 1. The Morgan fingerprint density at radius 1 is 0.853 bits per heavy atom. The Morgan fingerprint density at radius 3 is 1.91 bits per heavy atom. The summed E-state index contributed by atoms with van der Waals surface area (Å²) in [6.45, 7) is 7.97. The molecule has 3 rings (SSSR count). The fraction of sp³-hybridized carbons (Fsp3) is 0.259. The van der Waals surface area contributed by atoms with Gasteiger partial charge in [0.2, 0.25) is 0 Å². The van der Waals surface area contributed by atoms with Crippen LogP contribution in [0.15, 0.2) is 88.9 Å². The number of hydrogen-bond donors (Lipinski definition) is 1. The maximum Gasteiger partial charge on any atom is 0.264 e. The lowest BCUT2D eigenvalue weighted by molar-refractivity contribution is -0.119. The Morgan fingerprint density at radius 2 is 1.38 bits per heavy atom. The molecule has 0 radical (unpaired) electrons. The fourth-order valence-corrected chi connectivity index (χ4v) is 4.81. The summed E-state index contributed by atoms with van der Waals surface area (Å²) < 4.78 is 27.9. The van der Waals surface area contributed by atoms with Crippen LogP contribution in [0, 0.1) is 0 Å². The van der Waals surface area contributed by atoms with Gasteiger partial charge in [0.05, 0.1) is 16.8 Å². The average Bonchev–Trinajstić information content (AvgIpc) is 2.83. The number of anilines is 1. The van der Waals surface area contributed by atoms with Crippen molar-refractivity contribution in [2.24, 2.45) is 5.10 Å². The third-order valence-corrected chi connectivity index (χ3v) is 7.26. The molecule has 7 heteroatoms. The van der Waals surface area contributed by atoms with Crippen molar-refractivity contribution in [2.75, 3.05) is 10.8 Å². The van der Waals surface area contributed by atoms with Crippen molar-refractivity contribution in [2.45, 2.75) is 44.4 Å². The van der Waals surface area contributed by atoms with E-state index in [4.69, 9.17) is 0 Å². The van der Waals surface area contributed by atoms with Crippen LogP contribution in [0.3, 0.4) is 0 Å². The van der Waals surface area contributed by atoms with Crippen molar-refractivity contribution in [3.8, 4) is 0 Å². The molecule has 0 bridgehead atoms. The van der Waals surface area contributed by atoms with Crippen LogP contribution < -0.4 is 9.73 Å². The summed E-state index contributed by atoms with van der Waals surface area (Å²) in [6, 6.07) is 23.2. The largest absolute Gasteiger partial charge is 0.271 e. The molecule has 0 aromatic heterocycles. The first-order chi connectivity index (χ1) is 16.2. The van der Waals surface area contributed by atoms with E-state index >= 15 is 0 Å². The van der Waals surface area contributed by atoms with Crippen molar-refractivity contribution in [3.63, 3.8) is 0 Å². The normalized spacial score (nSPS) is 11.8. The summed E-state index contributed by atoms with van der Waals surface area (Å²) in [5.41, 5.74) is 5.99. The molecule has 0 aliphatic rings. The van der Waals surface area contributed by atoms with Gasteiger partial charge in [-0.1, -0.05) is 82.3 Å². The van der Waals surface area contributed by atoms with E-state index in [9.17, 15) is 13.2 Å². The number of benzene rings is 3. The lowest BCUT2D eigenvalue weighted by Crippen LogP contribution is -2.39.